The van der Waals surface area contributed by atoms with Crippen molar-refractivity contribution in [1.29, 1.82) is 0 Å². The maximum Gasteiger partial charge on any atom is 0.174 e. The fourth-order valence-electron chi connectivity index (χ4n) is 3.44. The van der Waals surface area contributed by atoms with Crippen molar-refractivity contribution < 1.29 is 14.2 Å². The van der Waals surface area contributed by atoms with Crippen LogP contribution in [-0.4, -0.2) is 49.6 Å². The maximum absolute atomic E-state index is 6.36. The van der Waals surface area contributed by atoms with Crippen LogP contribution in [0.15, 0.2) is 24.3 Å². The van der Waals surface area contributed by atoms with Gasteiger partial charge in [-0.3, -0.25) is 0 Å². The minimum Gasteiger partial charge on any atom is -0.493 e. The van der Waals surface area contributed by atoms with E-state index in [1.807, 2.05) is 31.2 Å². The van der Waals surface area contributed by atoms with Crippen molar-refractivity contribution in [2.24, 2.45) is 5.41 Å². The van der Waals surface area contributed by atoms with Crippen molar-refractivity contribution in [2.45, 2.75) is 51.9 Å². The van der Waals surface area contributed by atoms with Crippen LogP contribution in [0.1, 0.15) is 40.0 Å². The first kappa shape index (κ1) is 19.0. The molecule has 0 radical (unpaired) electrons. The van der Waals surface area contributed by atoms with Crippen LogP contribution in [0.25, 0.3) is 0 Å². The average Bonchev–Trinajstić information content (AvgIpc) is 2.98. The Labute approximate surface area is 156 Å². The average molecular weight is 368 g/mol. The number of halogens is 1. The maximum atomic E-state index is 6.36. The van der Waals surface area contributed by atoms with Gasteiger partial charge in [-0.25, -0.2) is 0 Å². The molecule has 1 aromatic rings. The van der Waals surface area contributed by atoms with E-state index in [1.165, 1.54) is 32.4 Å². The van der Waals surface area contributed by atoms with E-state index in [0.717, 1.165) is 12.3 Å². The number of nitrogens with zero attached hydrogens (tertiary/aromatic N) is 1. The normalized spacial score (nSPS) is 28.2. The number of piperidine rings is 1. The van der Waals surface area contributed by atoms with Crippen molar-refractivity contribution in [2.75, 3.05) is 32.8 Å². The van der Waals surface area contributed by atoms with Gasteiger partial charge in [0, 0.05) is 11.6 Å². The van der Waals surface area contributed by atoms with Gasteiger partial charge in [0.25, 0.3) is 0 Å². The standard InChI is InChI=1S/C20H30ClNO3/c1-19(2,15-23-17-9-7-16(21)8-10-17)20(3)24-14-18(25-20)13-22-11-5-4-6-12-22/h7-10,18H,4-6,11-15H2,1-3H3. The Hall–Kier alpha value is -0.810. The smallest absolute Gasteiger partial charge is 0.174 e. The summed E-state index contributed by atoms with van der Waals surface area (Å²) >= 11 is 5.92. The summed E-state index contributed by atoms with van der Waals surface area (Å²) in [6.45, 7) is 10.8. The van der Waals surface area contributed by atoms with Crippen LogP contribution in [0.4, 0.5) is 0 Å². The van der Waals surface area contributed by atoms with Gasteiger partial charge in [-0.05, 0) is 57.1 Å². The SMILES string of the molecule is CC(C)(COc1ccc(Cl)cc1)C1(C)OCC(CN2CCCCC2)O1. The molecular weight excluding hydrogens is 338 g/mol. The second-order valence-electron chi connectivity index (χ2n) is 7.98. The summed E-state index contributed by atoms with van der Waals surface area (Å²) in [6.07, 6.45) is 4.08. The summed E-state index contributed by atoms with van der Waals surface area (Å²) in [5.74, 6) is 0.170. The molecule has 4 nitrogen and oxygen atoms in total. The van der Waals surface area contributed by atoms with Gasteiger partial charge >= 0.3 is 0 Å². The van der Waals surface area contributed by atoms with Crippen LogP contribution in [0.2, 0.25) is 5.02 Å². The Morgan fingerprint density at radius 3 is 2.56 bits per heavy atom. The zero-order valence-electron chi connectivity index (χ0n) is 15.6. The molecule has 3 rings (SSSR count). The number of ether oxygens (including phenoxy) is 3. The van der Waals surface area contributed by atoms with Gasteiger partial charge < -0.3 is 19.1 Å². The highest BCUT2D eigenvalue weighted by Crippen LogP contribution is 2.40. The summed E-state index contributed by atoms with van der Waals surface area (Å²) < 4.78 is 18.4. The van der Waals surface area contributed by atoms with E-state index in [2.05, 4.69) is 18.7 Å². The lowest BCUT2D eigenvalue weighted by Gasteiger charge is -2.39. The van der Waals surface area contributed by atoms with Crippen molar-refractivity contribution in [3.05, 3.63) is 29.3 Å². The van der Waals surface area contributed by atoms with Gasteiger partial charge in [0.15, 0.2) is 5.79 Å². The molecule has 2 fully saturated rings. The summed E-state index contributed by atoms with van der Waals surface area (Å²) in [6, 6.07) is 7.44. The lowest BCUT2D eigenvalue weighted by Crippen LogP contribution is -2.48. The van der Waals surface area contributed by atoms with Crippen LogP contribution in [0.5, 0.6) is 5.75 Å². The van der Waals surface area contributed by atoms with Crippen molar-refractivity contribution in [3.8, 4) is 5.75 Å². The number of benzene rings is 1. The van der Waals surface area contributed by atoms with E-state index in [4.69, 9.17) is 25.8 Å². The minimum absolute atomic E-state index is 0.137. The van der Waals surface area contributed by atoms with Crippen LogP contribution in [0, 0.1) is 5.41 Å². The Bertz CT molecular complexity index is 557. The topological polar surface area (TPSA) is 30.9 Å². The third-order valence-electron chi connectivity index (χ3n) is 5.49. The predicted octanol–water partition coefficient (Wildman–Crippen LogP) is 4.36. The van der Waals surface area contributed by atoms with Crippen LogP contribution in [0.3, 0.4) is 0 Å². The fraction of sp³-hybridized carbons (Fsp3) is 0.700. The van der Waals surface area contributed by atoms with Gasteiger partial charge in [0.1, 0.15) is 5.75 Å². The summed E-state index contributed by atoms with van der Waals surface area (Å²) in [7, 11) is 0. The van der Waals surface area contributed by atoms with E-state index >= 15 is 0 Å². The molecule has 2 saturated heterocycles. The zero-order chi connectivity index (χ0) is 17.9. The first-order valence-electron chi connectivity index (χ1n) is 9.30. The first-order valence-corrected chi connectivity index (χ1v) is 9.68. The molecule has 140 valence electrons. The molecule has 0 amide bonds. The zero-order valence-corrected chi connectivity index (χ0v) is 16.3. The quantitative estimate of drug-likeness (QED) is 0.747. The Morgan fingerprint density at radius 1 is 1.20 bits per heavy atom. The summed E-state index contributed by atoms with van der Waals surface area (Å²) in [5, 5.41) is 0.710. The highest BCUT2D eigenvalue weighted by Gasteiger charge is 2.50. The third-order valence-corrected chi connectivity index (χ3v) is 5.74. The Morgan fingerprint density at radius 2 is 1.88 bits per heavy atom. The molecule has 2 atom stereocenters. The molecule has 0 spiro atoms. The van der Waals surface area contributed by atoms with Crippen molar-refractivity contribution in [3.63, 3.8) is 0 Å². The summed E-state index contributed by atoms with van der Waals surface area (Å²) in [5.41, 5.74) is -0.275. The van der Waals surface area contributed by atoms with Crippen LogP contribution < -0.4 is 4.74 Å². The molecule has 2 aliphatic heterocycles. The first-order chi connectivity index (χ1) is 11.9. The van der Waals surface area contributed by atoms with Gasteiger partial charge in [0.05, 0.1) is 24.7 Å². The van der Waals surface area contributed by atoms with Gasteiger partial charge in [-0.1, -0.05) is 31.9 Å². The largest absolute Gasteiger partial charge is 0.493 e. The van der Waals surface area contributed by atoms with Gasteiger partial charge in [0.2, 0.25) is 0 Å². The third kappa shape index (κ3) is 4.68. The molecule has 0 N–H and O–H groups in total. The summed E-state index contributed by atoms with van der Waals surface area (Å²) in [4.78, 5) is 2.50. The van der Waals surface area contributed by atoms with Gasteiger partial charge in [-0.15, -0.1) is 0 Å². The molecule has 5 heteroatoms. The second-order valence-corrected chi connectivity index (χ2v) is 8.42. The number of hydrogen-bond acceptors (Lipinski definition) is 4. The molecule has 0 bridgehead atoms. The Balaban J connectivity index is 1.54. The second kappa shape index (κ2) is 7.83. The lowest BCUT2D eigenvalue weighted by molar-refractivity contribution is -0.231. The van der Waals surface area contributed by atoms with E-state index in [1.54, 1.807) is 0 Å². The minimum atomic E-state index is -0.639. The highest BCUT2D eigenvalue weighted by molar-refractivity contribution is 6.30. The highest BCUT2D eigenvalue weighted by atomic mass is 35.5. The van der Waals surface area contributed by atoms with E-state index in [-0.39, 0.29) is 11.5 Å². The van der Waals surface area contributed by atoms with E-state index in [0.29, 0.717) is 18.2 Å². The van der Waals surface area contributed by atoms with Crippen LogP contribution >= 0.6 is 11.6 Å². The fourth-order valence-corrected chi connectivity index (χ4v) is 3.56. The van der Waals surface area contributed by atoms with Crippen LogP contribution in [-0.2, 0) is 9.47 Å². The monoisotopic (exact) mass is 367 g/mol. The molecule has 25 heavy (non-hydrogen) atoms. The Kier molecular flexibility index (Phi) is 5.94. The van der Waals surface area contributed by atoms with E-state index < -0.39 is 5.79 Å². The van der Waals surface area contributed by atoms with E-state index in [9.17, 15) is 0 Å². The molecule has 0 aliphatic carbocycles. The molecular formula is C20H30ClNO3. The van der Waals surface area contributed by atoms with Crippen molar-refractivity contribution >= 4 is 11.6 Å². The molecule has 2 heterocycles. The molecule has 0 saturated carbocycles. The molecule has 2 unspecified atom stereocenters. The molecule has 1 aromatic carbocycles. The number of likely N-dealkylation sites (tertiary alicyclic amines) is 1. The lowest BCUT2D eigenvalue weighted by atomic mass is 9.85. The van der Waals surface area contributed by atoms with Crippen molar-refractivity contribution in [1.82, 2.24) is 4.90 Å². The molecule has 2 aliphatic rings. The number of rotatable bonds is 6. The molecule has 0 aromatic heterocycles. The predicted molar refractivity (Wildman–Crippen MR) is 100 cm³/mol. The van der Waals surface area contributed by atoms with Gasteiger partial charge in [-0.2, -0.15) is 0 Å². The number of hydrogen-bond donors (Lipinski definition) is 0.